The van der Waals surface area contributed by atoms with Gasteiger partial charge >= 0.3 is 0 Å². The lowest BCUT2D eigenvalue weighted by Crippen LogP contribution is -2.41. The highest BCUT2D eigenvalue weighted by atomic mass is 16.1. The zero-order valence-electron chi connectivity index (χ0n) is 9.31. The summed E-state index contributed by atoms with van der Waals surface area (Å²) in [4.78, 5) is 11.6. The fourth-order valence-electron chi connectivity index (χ4n) is 1.81. The van der Waals surface area contributed by atoms with Crippen LogP contribution in [0.4, 0.5) is 0 Å². The van der Waals surface area contributed by atoms with Crippen molar-refractivity contribution in [1.29, 1.82) is 0 Å². The van der Waals surface area contributed by atoms with Gasteiger partial charge in [0.05, 0.1) is 0 Å². The molecule has 0 heterocycles. The van der Waals surface area contributed by atoms with E-state index < -0.39 is 0 Å². The third kappa shape index (κ3) is 2.98. The normalized spacial score (nSPS) is 21.1. The van der Waals surface area contributed by atoms with Crippen molar-refractivity contribution in [3.05, 3.63) is 0 Å². The Kier molecular flexibility index (Phi) is 3.93. The monoisotopic (exact) mass is 198 g/mol. The Morgan fingerprint density at radius 2 is 2.21 bits per heavy atom. The van der Waals surface area contributed by atoms with E-state index in [0.717, 1.165) is 13.0 Å². The first-order chi connectivity index (χ1) is 6.57. The summed E-state index contributed by atoms with van der Waals surface area (Å²) < 4.78 is 0. The lowest BCUT2D eigenvalue weighted by molar-refractivity contribution is -0.125. The highest BCUT2D eigenvalue weighted by Crippen LogP contribution is 2.39. The zero-order valence-corrected chi connectivity index (χ0v) is 9.31. The summed E-state index contributed by atoms with van der Waals surface area (Å²) in [6.45, 7) is 5.60. The second kappa shape index (κ2) is 4.78. The summed E-state index contributed by atoms with van der Waals surface area (Å²) in [5.74, 6) is 0.215. The van der Waals surface area contributed by atoms with Crippen molar-refractivity contribution in [2.75, 3.05) is 13.1 Å². The minimum atomic E-state index is 0.0590. The summed E-state index contributed by atoms with van der Waals surface area (Å²) in [6.07, 6.45) is 4.59. The van der Waals surface area contributed by atoms with Crippen LogP contribution in [0.5, 0.6) is 0 Å². The van der Waals surface area contributed by atoms with E-state index in [1.807, 2.05) is 6.92 Å². The van der Waals surface area contributed by atoms with E-state index in [9.17, 15) is 4.79 Å². The topological polar surface area (TPSA) is 55.1 Å². The number of nitrogens with two attached hydrogens (primary N) is 1. The van der Waals surface area contributed by atoms with Gasteiger partial charge in [0.2, 0.25) is 5.91 Å². The second-order valence-corrected chi connectivity index (χ2v) is 4.86. The number of amides is 1. The molecule has 0 spiro atoms. The van der Waals surface area contributed by atoms with Gasteiger partial charge in [-0.2, -0.15) is 0 Å². The average molecular weight is 198 g/mol. The van der Waals surface area contributed by atoms with Gasteiger partial charge in [0.25, 0.3) is 0 Å². The molecule has 1 rings (SSSR count). The smallest absolute Gasteiger partial charge is 0.222 e. The molecule has 1 unspecified atom stereocenters. The van der Waals surface area contributed by atoms with Gasteiger partial charge < -0.3 is 11.1 Å². The molecule has 1 aliphatic rings. The minimum absolute atomic E-state index is 0.0590. The maximum absolute atomic E-state index is 11.6. The molecule has 3 nitrogen and oxygen atoms in total. The Balaban J connectivity index is 2.20. The van der Waals surface area contributed by atoms with E-state index in [1.165, 1.54) is 19.3 Å². The van der Waals surface area contributed by atoms with Crippen LogP contribution in [0.15, 0.2) is 0 Å². The van der Waals surface area contributed by atoms with Crippen LogP contribution in [0.3, 0.4) is 0 Å². The van der Waals surface area contributed by atoms with E-state index in [0.29, 0.717) is 12.0 Å². The van der Waals surface area contributed by atoms with Crippen LogP contribution < -0.4 is 11.1 Å². The average Bonchev–Trinajstić information content (AvgIpc) is 2.11. The third-order valence-corrected chi connectivity index (χ3v) is 3.30. The highest BCUT2D eigenvalue weighted by molar-refractivity contribution is 5.78. The van der Waals surface area contributed by atoms with E-state index in [1.54, 1.807) is 0 Å². The summed E-state index contributed by atoms with van der Waals surface area (Å²) in [5, 5.41) is 3.02. The van der Waals surface area contributed by atoms with Crippen molar-refractivity contribution >= 4 is 5.91 Å². The number of nitrogens with one attached hydrogen (secondary N) is 1. The largest absolute Gasteiger partial charge is 0.355 e. The summed E-state index contributed by atoms with van der Waals surface area (Å²) in [6, 6.07) is 0. The highest BCUT2D eigenvalue weighted by Gasteiger charge is 2.32. The van der Waals surface area contributed by atoms with Gasteiger partial charge in [0.15, 0.2) is 0 Å². The molecule has 1 aliphatic carbocycles. The van der Waals surface area contributed by atoms with Crippen LogP contribution in [0.1, 0.15) is 39.5 Å². The van der Waals surface area contributed by atoms with Gasteiger partial charge in [-0.1, -0.05) is 20.3 Å². The Bertz CT molecular complexity index is 199. The van der Waals surface area contributed by atoms with E-state index in [-0.39, 0.29) is 11.8 Å². The van der Waals surface area contributed by atoms with Gasteiger partial charge in [-0.05, 0) is 31.2 Å². The standard InChI is InChI=1S/C11H22N2O/c1-9(4-7-12)10(14)13-8-11(2)5-3-6-11/h9H,3-8,12H2,1-2H3,(H,13,14). The molecular formula is C11H22N2O. The van der Waals surface area contributed by atoms with Gasteiger partial charge in [-0.15, -0.1) is 0 Å². The Morgan fingerprint density at radius 3 is 2.64 bits per heavy atom. The molecule has 0 aromatic rings. The van der Waals surface area contributed by atoms with Crippen LogP contribution in [-0.4, -0.2) is 19.0 Å². The quantitative estimate of drug-likeness (QED) is 0.699. The molecule has 0 aliphatic heterocycles. The van der Waals surface area contributed by atoms with E-state index in [2.05, 4.69) is 12.2 Å². The fourth-order valence-corrected chi connectivity index (χ4v) is 1.81. The predicted molar refractivity (Wildman–Crippen MR) is 57.8 cm³/mol. The van der Waals surface area contributed by atoms with Crippen molar-refractivity contribution in [2.24, 2.45) is 17.1 Å². The van der Waals surface area contributed by atoms with Gasteiger partial charge in [-0.25, -0.2) is 0 Å². The summed E-state index contributed by atoms with van der Waals surface area (Å²) >= 11 is 0. The van der Waals surface area contributed by atoms with Crippen molar-refractivity contribution < 1.29 is 4.79 Å². The number of hydrogen-bond donors (Lipinski definition) is 2. The Hall–Kier alpha value is -0.570. The van der Waals surface area contributed by atoms with Crippen LogP contribution in [-0.2, 0) is 4.79 Å². The van der Waals surface area contributed by atoms with Gasteiger partial charge in [-0.3, -0.25) is 4.79 Å². The predicted octanol–water partition coefficient (Wildman–Crippen LogP) is 1.28. The number of carbonyl (C=O) groups excluding carboxylic acids is 1. The molecule has 0 saturated heterocycles. The third-order valence-electron chi connectivity index (χ3n) is 3.30. The maximum atomic E-state index is 11.6. The SMILES string of the molecule is CC(CCN)C(=O)NCC1(C)CCC1. The first-order valence-electron chi connectivity index (χ1n) is 5.55. The Labute approximate surface area is 86.4 Å². The molecule has 0 aromatic heterocycles. The Morgan fingerprint density at radius 1 is 1.57 bits per heavy atom. The van der Waals surface area contributed by atoms with Crippen molar-refractivity contribution in [3.63, 3.8) is 0 Å². The van der Waals surface area contributed by atoms with Crippen molar-refractivity contribution in [2.45, 2.75) is 39.5 Å². The van der Waals surface area contributed by atoms with Crippen molar-refractivity contribution in [1.82, 2.24) is 5.32 Å². The van der Waals surface area contributed by atoms with Crippen LogP contribution in [0.25, 0.3) is 0 Å². The molecule has 1 fully saturated rings. The first kappa shape index (κ1) is 11.5. The van der Waals surface area contributed by atoms with Crippen molar-refractivity contribution in [3.8, 4) is 0 Å². The van der Waals surface area contributed by atoms with Crippen LogP contribution >= 0.6 is 0 Å². The molecule has 1 amide bonds. The molecule has 1 atom stereocenters. The molecular weight excluding hydrogens is 176 g/mol. The van der Waals surface area contributed by atoms with Crippen LogP contribution in [0, 0.1) is 11.3 Å². The van der Waals surface area contributed by atoms with E-state index >= 15 is 0 Å². The van der Waals surface area contributed by atoms with Gasteiger partial charge in [0.1, 0.15) is 0 Å². The molecule has 0 aromatic carbocycles. The molecule has 1 saturated carbocycles. The molecule has 3 heteroatoms. The minimum Gasteiger partial charge on any atom is -0.355 e. The molecule has 3 N–H and O–H groups in total. The molecule has 14 heavy (non-hydrogen) atoms. The number of carbonyl (C=O) groups is 1. The lowest BCUT2D eigenvalue weighted by atomic mass is 9.70. The fraction of sp³-hybridized carbons (Fsp3) is 0.909. The molecule has 0 bridgehead atoms. The lowest BCUT2D eigenvalue weighted by Gasteiger charge is -2.38. The first-order valence-corrected chi connectivity index (χ1v) is 5.55. The maximum Gasteiger partial charge on any atom is 0.222 e. The number of rotatable bonds is 5. The molecule has 0 radical (unpaired) electrons. The van der Waals surface area contributed by atoms with E-state index in [4.69, 9.17) is 5.73 Å². The molecule has 82 valence electrons. The summed E-state index contributed by atoms with van der Waals surface area (Å²) in [5.41, 5.74) is 5.78. The number of hydrogen-bond acceptors (Lipinski definition) is 2. The van der Waals surface area contributed by atoms with Gasteiger partial charge in [0, 0.05) is 12.5 Å². The second-order valence-electron chi connectivity index (χ2n) is 4.86. The van der Waals surface area contributed by atoms with Crippen LogP contribution in [0.2, 0.25) is 0 Å². The zero-order chi connectivity index (χ0) is 10.6. The summed E-state index contributed by atoms with van der Waals surface area (Å²) in [7, 11) is 0.